The van der Waals surface area contributed by atoms with Gasteiger partial charge in [0.15, 0.2) is 0 Å². The van der Waals surface area contributed by atoms with Gasteiger partial charge in [0.25, 0.3) is 0 Å². The summed E-state index contributed by atoms with van der Waals surface area (Å²) >= 11 is 0. The molecule has 0 unspecified atom stereocenters. The number of nitrogens with zero attached hydrogens (tertiary/aromatic N) is 2. The quantitative estimate of drug-likeness (QED) is 0.484. The predicted octanol–water partition coefficient (Wildman–Crippen LogP) is 4.84. The van der Waals surface area contributed by atoms with Gasteiger partial charge in [-0.2, -0.15) is 0 Å². The molecule has 4 aromatic rings. The third-order valence-electron chi connectivity index (χ3n) is 5.23. The Morgan fingerprint density at radius 3 is 2.50 bits per heavy atom. The number of amides is 1. The van der Waals surface area contributed by atoms with Crippen molar-refractivity contribution >= 4 is 22.6 Å². The summed E-state index contributed by atoms with van der Waals surface area (Å²) in [6, 6.07) is 23.8. The molecule has 0 atom stereocenters. The van der Waals surface area contributed by atoms with E-state index < -0.39 is 0 Å². The Kier molecular flexibility index (Phi) is 5.80. The van der Waals surface area contributed by atoms with E-state index in [0.29, 0.717) is 6.42 Å². The molecule has 0 aliphatic rings. The first kappa shape index (κ1) is 19.7. The minimum atomic E-state index is -0.0602. The molecule has 0 saturated carbocycles. The molecule has 0 fully saturated rings. The van der Waals surface area contributed by atoms with Crippen molar-refractivity contribution in [3.8, 4) is 5.75 Å². The highest BCUT2D eigenvalue weighted by Crippen LogP contribution is 2.21. The highest BCUT2D eigenvalue weighted by atomic mass is 16.5. The number of carbonyl (C=O) groups excluding carboxylic acids is 1. The lowest BCUT2D eigenvalue weighted by molar-refractivity contribution is -0.116. The van der Waals surface area contributed by atoms with Crippen LogP contribution in [0.15, 0.2) is 72.8 Å². The molecular formula is C25H25N3O2. The average Bonchev–Trinajstić information content (AvgIpc) is 3.11. The predicted molar refractivity (Wildman–Crippen MR) is 120 cm³/mol. The second kappa shape index (κ2) is 8.82. The number of hydrogen-bond acceptors (Lipinski definition) is 3. The highest BCUT2D eigenvalue weighted by Gasteiger charge is 2.15. The van der Waals surface area contributed by atoms with E-state index in [0.717, 1.165) is 45.8 Å². The molecule has 4 rings (SSSR count). The van der Waals surface area contributed by atoms with Crippen LogP contribution in [0.25, 0.3) is 11.0 Å². The number of hydrogen-bond donors (Lipinski definition) is 1. The van der Waals surface area contributed by atoms with E-state index in [9.17, 15) is 4.79 Å². The summed E-state index contributed by atoms with van der Waals surface area (Å²) in [5, 5.41) is 3.07. The molecule has 5 nitrogen and oxygen atoms in total. The summed E-state index contributed by atoms with van der Waals surface area (Å²) in [4.78, 5) is 17.7. The van der Waals surface area contributed by atoms with Gasteiger partial charge in [0.2, 0.25) is 5.91 Å². The number of aryl methyl sites for hydroxylation is 1. The van der Waals surface area contributed by atoms with Crippen LogP contribution < -0.4 is 10.1 Å². The molecule has 1 amide bonds. The van der Waals surface area contributed by atoms with E-state index in [2.05, 4.69) is 12.2 Å². The molecule has 1 aromatic heterocycles. The van der Waals surface area contributed by atoms with Crippen molar-refractivity contribution in [3.05, 3.63) is 89.7 Å². The molecule has 5 heteroatoms. The third kappa shape index (κ3) is 4.20. The van der Waals surface area contributed by atoms with Crippen LogP contribution in [0.1, 0.15) is 23.9 Å². The number of fused-ring (bicyclic) bond motifs is 1. The van der Waals surface area contributed by atoms with E-state index in [-0.39, 0.29) is 12.5 Å². The van der Waals surface area contributed by atoms with Crippen molar-refractivity contribution in [2.24, 2.45) is 0 Å². The zero-order valence-corrected chi connectivity index (χ0v) is 17.3. The standard InChI is InChI=1S/C25H25N3O2/c1-3-19-8-4-5-9-21(19)27-25(29)17-28-23-11-7-6-10-22(23)26-24(28)16-18-12-14-20(30-2)15-13-18/h4-15H,3,16-17H2,1-2H3,(H,27,29). The number of ether oxygens (including phenoxy) is 1. The van der Waals surface area contributed by atoms with Gasteiger partial charge in [0.05, 0.1) is 18.1 Å². The monoisotopic (exact) mass is 399 g/mol. The first-order valence-electron chi connectivity index (χ1n) is 10.1. The molecule has 1 N–H and O–H groups in total. The number of aromatic nitrogens is 2. The molecule has 0 saturated heterocycles. The van der Waals surface area contributed by atoms with Crippen LogP contribution in [0.4, 0.5) is 5.69 Å². The van der Waals surface area contributed by atoms with Gasteiger partial charge < -0.3 is 14.6 Å². The van der Waals surface area contributed by atoms with Crippen molar-refractivity contribution in [1.29, 1.82) is 0 Å². The second-order valence-corrected chi connectivity index (χ2v) is 7.19. The number of methoxy groups -OCH3 is 1. The molecule has 3 aromatic carbocycles. The van der Waals surface area contributed by atoms with Crippen LogP contribution in [-0.4, -0.2) is 22.6 Å². The fraction of sp³-hybridized carbons (Fsp3) is 0.200. The minimum Gasteiger partial charge on any atom is -0.497 e. The third-order valence-corrected chi connectivity index (χ3v) is 5.23. The zero-order chi connectivity index (χ0) is 20.9. The fourth-order valence-electron chi connectivity index (χ4n) is 3.65. The van der Waals surface area contributed by atoms with Gasteiger partial charge in [0, 0.05) is 12.1 Å². The summed E-state index contributed by atoms with van der Waals surface area (Å²) in [7, 11) is 1.66. The van der Waals surface area contributed by atoms with E-state index >= 15 is 0 Å². The first-order valence-corrected chi connectivity index (χ1v) is 10.1. The van der Waals surface area contributed by atoms with E-state index in [4.69, 9.17) is 9.72 Å². The lowest BCUT2D eigenvalue weighted by Crippen LogP contribution is -2.21. The van der Waals surface area contributed by atoms with Gasteiger partial charge in [-0.3, -0.25) is 4.79 Å². The smallest absolute Gasteiger partial charge is 0.244 e. The molecule has 0 bridgehead atoms. The Hall–Kier alpha value is -3.60. The van der Waals surface area contributed by atoms with Crippen LogP contribution in [0.2, 0.25) is 0 Å². The van der Waals surface area contributed by atoms with Crippen LogP contribution in [0, 0.1) is 0 Å². The normalized spacial score (nSPS) is 10.9. The summed E-state index contributed by atoms with van der Waals surface area (Å²) in [5.74, 6) is 1.62. The maximum atomic E-state index is 12.9. The van der Waals surface area contributed by atoms with E-state index in [1.165, 1.54) is 0 Å². The fourth-order valence-corrected chi connectivity index (χ4v) is 3.65. The second-order valence-electron chi connectivity index (χ2n) is 7.19. The average molecular weight is 399 g/mol. The van der Waals surface area contributed by atoms with Crippen molar-refractivity contribution < 1.29 is 9.53 Å². The summed E-state index contributed by atoms with van der Waals surface area (Å²) in [5.41, 5.74) is 4.96. The van der Waals surface area contributed by atoms with Gasteiger partial charge in [-0.15, -0.1) is 0 Å². The van der Waals surface area contributed by atoms with E-state index in [1.54, 1.807) is 7.11 Å². The van der Waals surface area contributed by atoms with Crippen molar-refractivity contribution in [1.82, 2.24) is 9.55 Å². The Morgan fingerprint density at radius 2 is 1.73 bits per heavy atom. The Balaban J connectivity index is 1.61. The van der Waals surface area contributed by atoms with E-state index in [1.807, 2.05) is 77.4 Å². The van der Waals surface area contributed by atoms with Gasteiger partial charge in [-0.1, -0.05) is 49.4 Å². The lowest BCUT2D eigenvalue weighted by Gasteiger charge is -2.12. The van der Waals surface area contributed by atoms with Crippen molar-refractivity contribution in [2.75, 3.05) is 12.4 Å². The number of benzene rings is 3. The first-order chi connectivity index (χ1) is 14.7. The maximum absolute atomic E-state index is 12.9. The number of para-hydroxylation sites is 3. The summed E-state index contributed by atoms with van der Waals surface area (Å²) in [6.45, 7) is 2.30. The van der Waals surface area contributed by atoms with Crippen LogP contribution >= 0.6 is 0 Å². The molecule has 30 heavy (non-hydrogen) atoms. The molecule has 0 aliphatic heterocycles. The Labute approximate surface area is 176 Å². The summed E-state index contributed by atoms with van der Waals surface area (Å²) in [6.07, 6.45) is 1.50. The van der Waals surface area contributed by atoms with Crippen LogP contribution in [0.3, 0.4) is 0 Å². The van der Waals surface area contributed by atoms with Gasteiger partial charge in [0.1, 0.15) is 18.1 Å². The number of imidazole rings is 1. The van der Waals surface area contributed by atoms with Gasteiger partial charge in [-0.25, -0.2) is 4.98 Å². The Bertz CT molecular complexity index is 1160. The SMILES string of the molecule is CCc1ccccc1NC(=O)Cn1c(Cc2ccc(OC)cc2)nc2ccccc21. The topological polar surface area (TPSA) is 56.2 Å². The molecule has 0 radical (unpaired) electrons. The molecule has 0 spiro atoms. The maximum Gasteiger partial charge on any atom is 0.244 e. The number of rotatable bonds is 7. The van der Waals surface area contributed by atoms with Crippen LogP contribution in [-0.2, 0) is 24.2 Å². The summed E-state index contributed by atoms with van der Waals surface area (Å²) < 4.78 is 7.25. The largest absolute Gasteiger partial charge is 0.497 e. The van der Waals surface area contributed by atoms with Crippen LogP contribution in [0.5, 0.6) is 5.75 Å². The van der Waals surface area contributed by atoms with Gasteiger partial charge >= 0.3 is 0 Å². The minimum absolute atomic E-state index is 0.0602. The van der Waals surface area contributed by atoms with Gasteiger partial charge in [-0.05, 0) is 47.9 Å². The molecule has 1 heterocycles. The Morgan fingerprint density at radius 1 is 1.00 bits per heavy atom. The zero-order valence-electron chi connectivity index (χ0n) is 17.3. The number of nitrogens with one attached hydrogen (secondary N) is 1. The van der Waals surface area contributed by atoms with Crippen molar-refractivity contribution in [3.63, 3.8) is 0 Å². The molecule has 0 aliphatic carbocycles. The molecule has 152 valence electrons. The highest BCUT2D eigenvalue weighted by molar-refractivity contribution is 5.92. The number of anilines is 1. The number of carbonyl (C=O) groups is 1. The lowest BCUT2D eigenvalue weighted by atomic mass is 10.1. The van der Waals surface area contributed by atoms with Crippen molar-refractivity contribution in [2.45, 2.75) is 26.3 Å². The molecular weight excluding hydrogens is 374 g/mol.